The molecular weight excluding hydrogens is 313 g/mol. The first-order valence-electron chi connectivity index (χ1n) is 6.69. The van der Waals surface area contributed by atoms with Crippen LogP contribution in [0, 0.1) is 5.92 Å². The van der Waals surface area contributed by atoms with E-state index in [1.165, 1.54) is 12.7 Å². The molecular formula is C11H14N5O5P. The molecule has 5 atom stereocenters. The first-order valence-corrected chi connectivity index (χ1v) is 8.45. The Kier molecular flexibility index (Phi) is 3.00. The summed E-state index contributed by atoms with van der Waals surface area (Å²) in [4.78, 5) is 21.7. The average molecular weight is 327 g/mol. The summed E-state index contributed by atoms with van der Waals surface area (Å²) < 4.78 is 23.9. The molecule has 4 rings (SSSR count). The maximum atomic E-state index is 11.7. The minimum Gasteiger partial charge on any atom is -0.388 e. The SMILES string of the molecule is Nc1ncnc2c1ncn2[C@@H]1O[C@@H]2COP(=O)(O)C[C@H]2[C@H]1O. The Morgan fingerprint density at radius 3 is 3.05 bits per heavy atom. The lowest BCUT2D eigenvalue weighted by atomic mass is 10.0. The van der Waals surface area contributed by atoms with Crippen molar-refractivity contribution in [3.05, 3.63) is 12.7 Å². The van der Waals surface area contributed by atoms with Gasteiger partial charge in [-0.25, -0.2) is 15.0 Å². The van der Waals surface area contributed by atoms with Crippen LogP contribution in [0.15, 0.2) is 12.7 Å². The molecule has 22 heavy (non-hydrogen) atoms. The van der Waals surface area contributed by atoms with Gasteiger partial charge >= 0.3 is 7.60 Å². The maximum Gasteiger partial charge on any atom is 0.328 e. The molecule has 4 N–H and O–H groups in total. The molecule has 2 aliphatic heterocycles. The van der Waals surface area contributed by atoms with Crippen molar-refractivity contribution < 1.29 is 23.8 Å². The molecule has 2 aromatic heterocycles. The number of anilines is 1. The normalized spacial score (nSPS) is 38.3. The highest BCUT2D eigenvalue weighted by Crippen LogP contribution is 2.53. The van der Waals surface area contributed by atoms with E-state index >= 15 is 0 Å². The Morgan fingerprint density at radius 2 is 2.23 bits per heavy atom. The predicted octanol–water partition coefficient (Wildman–Crippen LogP) is -0.501. The highest BCUT2D eigenvalue weighted by molar-refractivity contribution is 7.52. The second kappa shape index (κ2) is 4.71. The number of nitrogens with zero attached hydrogens (tertiary/aromatic N) is 4. The van der Waals surface area contributed by atoms with Gasteiger partial charge in [-0.05, 0) is 0 Å². The zero-order valence-electron chi connectivity index (χ0n) is 11.3. The fraction of sp³-hybridized carbons (Fsp3) is 0.545. The molecule has 4 heterocycles. The lowest BCUT2D eigenvalue weighted by Gasteiger charge is -2.28. The van der Waals surface area contributed by atoms with Crippen LogP contribution in [0.25, 0.3) is 11.2 Å². The van der Waals surface area contributed by atoms with Crippen molar-refractivity contribution in [1.29, 1.82) is 0 Å². The lowest BCUT2D eigenvalue weighted by Crippen LogP contribution is -2.35. The van der Waals surface area contributed by atoms with Gasteiger partial charge in [-0.3, -0.25) is 9.13 Å². The third kappa shape index (κ3) is 2.03. The smallest absolute Gasteiger partial charge is 0.328 e. The third-order valence-corrected chi connectivity index (χ3v) is 5.50. The molecule has 118 valence electrons. The second-order valence-corrected chi connectivity index (χ2v) is 7.32. The first kappa shape index (κ1) is 14.0. The van der Waals surface area contributed by atoms with E-state index in [-0.39, 0.29) is 18.6 Å². The number of nitrogens with two attached hydrogens (primary N) is 1. The van der Waals surface area contributed by atoms with E-state index in [0.717, 1.165) is 0 Å². The summed E-state index contributed by atoms with van der Waals surface area (Å²) in [6.07, 6.45) is 0.430. The van der Waals surface area contributed by atoms with Gasteiger partial charge in [-0.1, -0.05) is 0 Å². The number of aliphatic hydroxyl groups is 1. The number of rotatable bonds is 1. The topological polar surface area (TPSA) is 146 Å². The molecule has 0 aromatic carbocycles. The fourth-order valence-electron chi connectivity index (χ4n) is 2.98. The van der Waals surface area contributed by atoms with Crippen molar-refractivity contribution in [2.75, 3.05) is 18.5 Å². The molecule has 2 saturated heterocycles. The second-order valence-electron chi connectivity index (χ2n) is 5.42. The first-order chi connectivity index (χ1) is 10.5. The van der Waals surface area contributed by atoms with Crippen LogP contribution >= 0.6 is 7.60 Å². The maximum absolute atomic E-state index is 11.7. The molecule has 2 aliphatic rings. The van der Waals surface area contributed by atoms with Crippen molar-refractivity contribution in [3.63, 3.8) is 0 Å². The largest absolute Gasteiger partial charge is 0.388 e. The number of nitrogen functional groups attached to an aromatic ring is 1. The molecule has 10 nitrogen and oxygen atoms in total. The molecule has 2 fully saturated rings. The van der Waals surface area contributed by atoms with Gasteiger partial charge in [0.25, 0.3) is 0 Å². The molecule has 0 aliphatic carbocycles. The van der Waals surface area contributed by atoms with Crippen LogP contribution < -0.4 is 5.73 Å². The Bertz CT molecular complexity index is 781. The molecule has 0 amide bonds. The summed E-state index contributed by atoms with van der Waals surface area (Å²) in [5, 5.41) is 10.5. The van der Waals surface area contributed by atoms with Gasteiger partial charge in [0.1, 0.15) is 17.9 Å². The van der Waals surface area contributed by atoms with Gasteiger partial charge in [0.2, 0.25) is 0 Å². The summed E-state index contributed by atoms with van der Waals surface area (Å²) in [5.41, 5.74) is 6.58. The van der Waals surface area contributed by atoms with E-state index < -0.39 is 31.9 Å². The molecule has 1 unspecified atom stereocenters. The quantitative estimate of drug-likeness (QED) is 0.590. The number of aliphatic hydroxyl groups excluding tert-OH is 1. The zero-order chi connectivity index (χ0) is 15.5. The van der Waals surface area contributed by atoms with Crippen molar-refractivity contribution in [2.45, 2.75) is 18.4 Å². The summed E-state index contributed by atoms with van der Waals surface area (Å²) in [6.45, 7) is -0.0320. The van der Waals surface area contributed by atoms with E-state index in [1.807, 2.05) is 0 Å². The van der Waals surface area contributed by atoms with Gasteiger partial charge < -0.3 is 25.0 Å². The Morgan fingerprint density at radius 1 is 1.41 bits per heavy atom. The summed E-state index contributed by atoms with van der Waals surface area (Å²) in [5.74, 6) is -0.247. The third-order valence-electron chi connectivity index (χ3n) is 4.07. The van der Waals surface area contributed by atoms with Gasteiger partial charge in [0, 0.05) is 5.92 Å². The van der Waals surface area contributed by atoms with Crippen molar-refractivity contribution in [2.24, 2.45) is 5.92 Å². The van der Waals surface area contributed by atoms with E-state index in [9.17, 15) is 14.6 Å². The summed E-state index contributed by atoms with van der Waals surface area (Å²) in [7, 11) is -3.66. The van der Waals surface area contributed by atoms with Crippen LogP contribution in [0.3, 0.4) is 0 Å². The molecule has 0 spiro atoms. The molecule has 0 saturated carbocycles. The van der Waals surface area contributed by atoms with Crippen LogP contribution in [0.1, 0.15) is 6.23 Å². The number of ether oxygens (including phenoxy) is 1. The van der Waals surface area contributed by atoms with Crippen LogP contribution in [0.2, 0.25) is 0 Å². The number of hydrogen-bond donors (Lipinski definition) is 3. The highest BCUT2D eigenvalue weighted by atomic mass is 31.2. The van der Waals surface area contributed by atoms with Crippen molar-refractivity contribution >= 4 is 24.6 Å². The van der Waals surface area contributed by atoms with Gasteiger partial charge in [0.15, 0.2) is 17.7 Å². The minimum atomic E-state index is -3.66. The molecule has 2 aromatic rings. The Hall–Kier alpha value is -1.58. The van der Waals surface area contributed by atoms with Crippen molar-refractivity contribution in [1.82, 2.24) is 19.5 Å². The monoisotopic (exact) mass is 327 g/mol. The van der Waals surface area contributed by atoms with Crippen molar-refractivity contribution in [3.8, 4) is 0 Å². The molecule has 0 radical (unpaired) electrons. The molecule has 11 heteroatoms. The van der Waals surface area contributed by atoms with Crippen LogP contribution in [0.4, 0.5) is 5.82 Å². The van der Waals surface area contributed by atoms with Crippen LogP contribution in [0.5, 0.6) is 0 Å². The number of imidazole rings is 1. The predicted molar refractivity (Wildman–Crippen MR) is 73.8 cm³/mol. The van der Waals surface area contributed by atoms with E-state index in [1.54, 1.807) is 4.57 Å². The fourth-order valence-corrected chi connectivity index (χ4v) is 4.44. The van der Waals surface area contributed by atoms with Crippen LogP contribution in [-0.4, -0.2) is 54.5 Å². The molecule has 0 bridgehead atoms. The van der Waals surface area contributed by atoms with E-state index in [2.05, 4.69) is 15.0 Å². The van der Waals surface area contributed by atoms with E-state index in [4.69, 9.17) is 15.0 Å². The number of fused-ring (bicyclic) bond motifs is 2. The zero-order valence-corrected chi connectivity index (χ0v) is 12.2. The lowest BCUT2D eigenvalue weighted by molar-refractivity contribution is -0.0482. The minimum absolute atomic E-state index is 0.0320. The summed E-state index contributed by atoms with van der Waals surface area (Å²) in [6, 6.07) is 0. The standard InChI is InChI=1S/C11H14N5O5P/c12-9-7-10(14-3-13-9)16(4-15-7)11-8(17)5-2-22(18,19)20-1-6(5)21-11/h3-6,8,11,17H,1-2H2,(H,18,19)(H2,12,13,14)/t5-,6-,8-,11-/m1/s1. The summed E-state index contributed by atoms with van der Waals surface area (Å²) >= 11 is 0. The number of aromatic nitrogens is 4. The van der Waals surface area contributed by atoms with E-state index in [0.29, 0.717) is 11.2 Å². The Balaban J connectivity index is 1.71. The van der Waals surface area contributed by atoms with Gasteiger partial charge in [-0.2, -0.15) is 0 Å². The Labute approximate surface area is 124 Å². The van der Waals surface area contributed by atoms with Gasteiger partial charge in [0.05, 0.1) is 25.2 Å². The van der Waals surface area contributed by atoms with Gasteiger partial charge in [-0.15, -0.1) is 0 Å². The highest BCUT2D eigenvalue weighted by Gasteiger charge is 2.51. The number of hydrogen-bond acceptors (Lipinski definition) is 8. The average Bonchev–Trinajstić information content (AvgIpc) is 3.01. The van der Waals surface area contributed by atoms with Crippen LogP contribution in [-0.2, 0) is 13.8 Å².